The average Bonchev–Trinajstić information content (AvgIpc) is 2.79. The van der Waals surface area contributed by atoms with Crippen molar-refractivity contribution in [3.05, 3.63) is 100 Å². The fourth-order valence-electron chi connectivity index (χ4n) is 3.21. The van der Waals surface area contributed by atoms with Crippen molar-refractivity contribution in [1.82, 2.24) is 9.66 Å². The summed E-state index contributed by atoms with van der Waals surface area (Å²) in [6, 6.07) is 16.6. The average molecular weight is 655 g/mol. The molecule has 3 aromatic carbocycles. The van der Waals surface area contributed by atoms with E-state index in [9.17, 15) is 4.79 Å². The third-order valence-corrected chi connectivity index (χ3v) is 6.83. The van der Waals surface area contributed by atoms with E-state index in [1.54, 1.807) is 30.5 Å². The summed E-state index contributed by atoms with van der Waals surface area (Å²) in [7, 11) is 0. The van der Waals surface area contributed by atoms with Crippen LogP contribution in [0.15, 0.2) is 77.9 Å². The number of fused-ring (bicyclic) bond motifs is 1. The van der Waals surface area contributed by atoms with Crippen molar-refractivity contribution < 1.29 is 4.74 Å². The largest absolute Gasteiger partial charge is 0.488 e. The van der Waals surface area contributed by atoms with Gasteiger partial charge in [-0.05, 0) is 48.5 Å². The maximum absolute atomic E-state index is 13.1. The van der Waals surface area contributed by atoms with Crippen LogP contribution in [0.2, 0.25) is 5.02 Å². The van der Waals surface area contributed by atoms with Crippen molar-refractivity contribution in [3.63, 3.8) is 0 Å². The normalized spacial score (nSPS) is 11.4. The summed E-state index contributed by atoms with van der Waals surface area (Å²) in [5.74, 6) is 1.16. The van der Waals surface area contributed by atoms with Crippen LogP contribution >= 0.6 is 59.4 Å². The number of hydrogen-bond donors (Lipinski definition) is 0. The minimum Gasteiger partial charge on any atom is -0.488 e. The Balaban J connectivity index is 1.70. The van der Waals surface area contributed by atoms with Gasteiger partial charge in [-0.25, -0.2) is 4.98 Å². The molecular formula is C24H17Br3ClN3O2. The Morgan fingerprint density at radius 3 is 2.58 bits per heavy atom. The number of ether oxygens (including phenoxy) is 1. The quantitative estimate of drug-likeness (QED) is 0.204. The molecule has 0 atom stereocenters. The Bertz CT molecular complexity index is 1440. The number of rotatable bonds is 6. The number of hydrogen-bond acceptors (Lipinski definition) is 4. The lowest BCUT2D eigenvalue weighted by Crippen LogP contribution is -2.22. The molecule has 5 nitrogen and oxygen atoms in total. The van der Waals surface area contributed by atoms with Gasteiger partial charge in [0.15, 0.2) is 0 Å². The van der Waals surface area contributed by atoms with E-state index < -0.39 is 0 Å². The van der Waals surface area contributed by atoms with Crippen LogP contribution in [0.25, 0.3) is 10.9 Å². The van der Waals surface area contributed by atoms with Crippen molar-refractivity contribution >= 4 is 76.5 Å². The fourth-order valence-corrected chi connectivity index (χ4v) is 4.91. The van der Waals surface area contributed by atoms with E-state index in [2.05, 4.69) is 57.9 Å². The van der Waals surface area contributed by atoms with Crippen LogP contribution < -0.4 is 10.3 Å². The van der Waals surface area contributed by atoms with Gasteiger partial charge in [-0.3, -0.25) is 4.79 Å². The summed E-state index contributed by atoms with van der Waals surface area (Å²) in [6.45, 7) is 2.28. The van der Waals surface area contributed by atoms with Gasteiger partial charge in [0.2, 0.25) is 0 Å². The van der Waals surface area contributed by atoms with E-state index in [4.69, 9.17) is 16.3 Å². The van der Waals surface area contributed by atoms with Gasteiger partial charge >= 0.3 is 0 Å². The lowest BCUT2D eigenvalue weighted by molar-refractivity contribution is 0.305. The van der Waals surface area contributed by atoms with Crippen LogP contribution in [0.3, 0.4) is 0 Å². The van der Waals surface area contributed by atoms with Gasteiger partial charge in [0, 0.05) is 36.0 Å². The van der Waals surface area contributed by atoms with Crippen molar-refractivity contribution in [2.45, 2.75) is 20.0 Å². The second-order valence-electron chi connectivity index (χ2n) is 7.11. The lowest BCUT2D eigenvalue weighted by atomic mass is 10.2. The molecule has 0 aliphatic rings. The van der Waals surface area contributed by atoms with Crippen LogP contribution in [0.4, 0.5) is 0 Å². The zero-order chi connectivity index (χ0) is 23.5. The molecule has 0 aliphatic heterocycles. The van der Waals surface area contributed by atoms with Crippen LogP contribution in [0, 0.1) is 0 Å². The lowest BCUT2D eigenvalue weighted by Gasteiger charge is -2.12. The summed E-state index contributed by atoms with van der Waals surface area (Å²) in [5.41, 5.74) is 2.04. The highest BCUT2D eigenvalue weighted by atomic mass is 79.9. The minimum absolute atomic E-state index is 0.238. The number of aromatic nitrogens is 2. The number of nitrogens with zero attached hydrogens (tertiary/aromatic N) is 3. The third-order valence-electron chi connectivity index (χ3n) is 4.87. The second kappa shape index (κ2) is 10.5. The maximum atomic E-state index is 13.1. The molecule has 0 saturated heterocycles. The third kappa shape index (κ3) is 5.57. The molecular weight excluding hydrogens is 637 g/mol. The number of benzene rings is 3. The van der Waals surface area contributed by atoms with E-state index in [0.29, 0.717) is 46.1 Å². The van der Waals surface area contributed by atoms with Crippen LogP contribution in [0.5, 0.6) is 5.75 Å². The summed E-state index contributed by atoms with van der Waals surface area (Å²) < 4.78 is 10.1. The van der Waals surface area contributed by atoms with E-state index in [-0.39, 0.29) is 5.56 Å². The van der Waals surface area contributed by atoms with E-state index >= 15 is 0 Å². The molecule has 0 aliphatic carbocycles. The van der Waals surface area contributed by atoms with Gasteiger partial charge in [-0.1, -0.05) is 72.4 Å². The molecule has 33 heavy (non-hydrogen) atoms. The van der Waals surface area contributed by atoms with Gasteiger partial charge in [0.25, 0.3) is 5.56 Å². The molecule has 0 N–H and O–H groups in total. The van der Waals surface area contributed by atoms with E-state index in [1.807, 2.05) is 37.3 Å². The molecule has 1 heterocycles. The standard InChI is InChI=1S/C24H17Br3ClN3O2/c1-2-23-30-21-7-5-16(25)10-19(21)24(32)31(23)29-12-15-9-18(28)6-8-22(15)33-13-14-3-4-17(26)11-20(14)27/h3-12H,2,13H2,1H3. The van der Waals surface area contributed by atoms with Crippen molar-refractivity contribution in [2.75, 3.05) is 0 Å². The molecule has 0 unspecified atom stereocenters. The first-order valence-electron chi connectivity index (χ1n) is 9.97. The fraction of sp³-hybridized carbons (Fsp3) is 0.125. The molecule has 0 bridgehead atoms. The zero-order valence-electron chi connectivity index (χ0n) is 17.4. The highest BCUT2D eigenvalue weighted by molar-refractivity contribution is 9.11. The van der Waals surface area contributed by atoms with Crippen molar-refractivity contribution in [3.8, 4) is 5.75 Å². The van der Waals surface area contributed by atoms with Crippen LogP contribution in [-0.4, -0.2) is 15.9 Å². The summed E-state index contributed by atoms with van der Waals surface area (Å²) in [6.07, 6.45) is 2.12. The van der Waals surface area contributed by atoms with E-state index in [1.165, 1.54) is 4.68 Å². The SMILES string of the molecule is CCc1nc2ccc(Br)cc2c(=O)n1N=Cc1cc(Cl)ccc1OCc1ccc(Br)cc1Br. The van der Waals surface area contributed by atoms with Crippen LogP contribution in [-0.2, 0) is 13.0 Å². The topological polar surface area (TPSA) is 56.5 Å². The molecule has 168 valence electrons. The summed E-state index contributed by atoms with van der Waals surface area (Å²) in [5, 5.41) is 5.49. The molecule has 4 rings (SSSR count). The Morgan fingerprint density at radius 2 is 1.82 bits per heavy atom. The molecule has 4 aromatic rings. The number of aryl methyl sites for hydroxylation is 1. The smallest absolute Gasteiger partial charge is 0.282 e. The van der Waals surface area contributed by atoms with Gasteiger partial charge in [0.1, 0.15) is 18.2 Å². The van der Waals surface area contributed by atoms with Crippen molar-refractivity contribution in [1.29, 1.82) is 0 Å². The van der Waals surface area contributed by atoms with Crippen molar-refractivity contribution in [2.24, 2.45) is 5.10 Å². The van der Waals surface area contributed by atoms with Gasteiger partial charge in [0.05, 0.1) is 17.1 Å². The maximum Gasteiger partial charge on any atom is 0.282 e. The molecule has 0 fully saturated rings. The van der Waals surface area contributed by atoms with Gasteiger partial charge in [-0.2, -0.15) is 9.78 Å². The first kappa shape index (κ1) is 24.1. The highest BCUT2D eigenvalue weighted by Crippen LogP contribution is 2.26. The van der Waals surface area contributed by atoms with Gasteiger partial charge in [-0.15, -0.1) is 0 Å². The Labute approximate surface area is 220 Å². The molecule has 1 aromatic heterocycles. The minimum atomic E-state index is -0.238. The van der Waals surface area contributed by atoms with E-state index in [0.717, 1.165) is 19.0 Å². The molecule has 0 radical (unpaired) electrons. The Morgan fingerprint density at radius 1 is 1.06 bits per heavy atom. The molecule has 0 amide bonds. The zero-order valence-corrected chi connectivity index (χ0v) is 22.9. The molecule has 9 heteroatoms. The van der Waals surface area contributed by atoms with Crippen LogP contribution in [0.1, 0.15) is 23.9 Å². The molecule has 0 saturated carbocycles. The predicted molar refractivity (Wildman–Crippen MR) is 144 cm³/mol. The Kier molecular flexibility index (Phi) is 7.69. The van der Waals surface area contributed by atoms with Gasteiger partial charge < -0.3 is 4.74 Å². The second-order valence-corrected chi connectivity index (χ2v) is 10.2. The predicted octanol–water partition coefficient (Wildman–Crippen LogP) is 7.36. The monoisotopic (exact) mass is 651 g/mol. The summed E-state index contributed by atoms with van der Waals surface area (Å²) in [4.78, 5) is 17.7. The highest BCUT2D eigenvalue weighted by Gasteiger charge is 2.11. The Hall–Kier alpha value is -2.00. The summed E-state index contributed by atoms with van der Waals surface area (Å²) >= 11 is 16.6. The number of halogens is 4. The first-order valence-corrected chi connectivity index (χ1v) is 12.7. The molecule has 0 spiro atoms. The first-order chi connectivity index (χ1) is 15.9.